The minimum atomic E-state index is -4.74. The first kappa shape index (κ1) is 11.1. The number of rotatable bonds is 2. The fourth-order valence-electron chi connectivity index (χ4n) is 0.222. The Morgan fingerprint density at radius 3 is 1.64 bits per heavy atom. The van der Waals surface area contributed by atoms with Gasteiger partial charge >= 0.3 is 12.0 Å². The van der Waals surface area contributed by atoms with Crippen LogP contribution in [-0.2, 0) is 0 Å². The van der Waals surface area contributed by atoms with Gasteiger partial charge < -0.3 is 0 Å². The molecule has 0 heterocycles. The molecule has 0 saturated heterocycles. The Bertz CT molecular complexity index is 169. The molecule has 0 aliphatic heterocycles. The number of alkyl halides is 4. The zero-order chi connectivity index (χ0) is 9.23. The molecule has 11 heavy (non-hydrogen) atoms. The van der Waals surface area contributed by atoms with Crippen LogP contribution in [0.2, 0.25) is 0 Å². The van der Waals surface area contributed by atoms with Crippen LogP contribution in [0.15, 0.2) is 11.9 Å². The smallest absolute Gasteiger partial charge is 0.229 e. The number of allylic oxidation sites excluding steroid dienone is 1. The summed E-state index contributed by atoms with van der Waals surface area (Å²) >= 11 is 0.510. The lowest BCUT2D eigenvalue weighted by Gasteiger charge is -2.12. The average molecular weight is 290 g/mol. The third-order valence-electron chi connectivity index (χ3n) is 0.733. The molecule has 0 nitrogen and oxygen atoms in total. The highest BCUT2D eigenvalue weighted by Gasteiger charge is 2.46. The van der Waals surface area contributed by atoms with E-state index in [-0.39, 0.29) is 0 Å². The molecule has 1 atom stereocenters. The van der Waals surface area contributed by atoms with Crippen LogP contribution in [0, 0.1) is 0 Å². The normalized spacial score (nSPS) is 14.5. The summed E-state index contributed by atoms with van der Waals surface area (Å²) in [4.78, 5) is 0. The molecule has 0 spiro atoms. The highest BCUT2D eigenvalue weighted by molar-refractivity contribution is 14.1. The van der Waals surface area contributed by atoms with Crippen LogP contribution in [-0.4, -0.2) is 10.1 Å². The molecule has 0 radical (unpaired) electrons. The van der Waals surface area contributed by atoms with Crippen molar-refractivity contribution in [2.45, 2.75) is 10.1 Å². The van der Waals surface area contributed by atoms with Crippen molar-refractivity contribution in [2.24, 2.45) is 0 Å². The molecule has 0 fully saturated rings. The van der Waals surface area contributed by atoms with Crippen LogP contribution < -0.4 is 0 Å². The van der Waals surface area contributed by atoms with Crippen molar-refractivity contribution in [3.05, 3.63) is 11.9 Å². The van der Waals surface area contributed by atoms with Gasteiger partial charge in [0.25, 0.3) is 0 Å². The standard InChI is InChI=1S/C4HF6I/c5-1(2(6)7)4(9,10)3(8)11/h3H. The van der Waals surface area contributed by atoms with Gasteiger partial charge in [-0.1, -0.05) is 0 Å². The van der Waals surface area contributed by atoms with E-state index in [1.165, 1.54) is 0 Å². The summed E-state index contributed by atoms with van der Waals surface area (Å²) in [5, 5.41) is 0. The Morgan fingerprint density at radius 2 is 1.55 bits per heavy atom. The number of hydrogen-bond acceptors (Lipinski definition) is 0. The second-order valence-corrected chi connectivity index (χ2v) is 2.59. The highest BCUT2D eigenvalue weighted by Crippen LogP contribution is 2.36. The van der Waals surface area contributed by atoms with Gasteiger partial charge in [0, 0.05) is 0 Å². The first-order chi connectivity index (χ1) is 4.80. The summed E-state index contributed by atoms with van der Waals surface area (Å²) in [5.74, 6) is -7.75. The Morgan fingerprint density at radius 1 is 1.18 bits per heavy atom. The van der Waals surface area contributed by atoms with Gasteiger partial charge in [-0.2, -0.15) is 22.0 Å². The molecule has 0 aromatic carbocycles. The van der Waals surface area contributed by atoms with Crippen LogP contribution in [0.5, 0.6) is 0 Å². The molecular weight excluding hydrogens is 289 g/mol. The molecule has 0 rings (SSSR count). The zero-order valence-electron chi connectivity index (χ0n) is 4.72. The largest absolute Gasteiger partial charge is 0.343 e. The maximum Gasteiger partial charge on any atom is 0.343 e. The fourth-order valence-corrected chi connectivity index (χ4v) is 0.495. The summed E-state index contributed by atoms with van der Waals surface area (Å²) < 4.78 is 66.5. The van der Waals surface area contributed by atoms with E-state index in [1.54, 1.807) is 0 Å². The topological polar surface area (TPSA) is 0 Å². The molecule has 0 amide bonds. The van der Waals surface area contributed by atoms with Gasteiger partial charge in [0.1, 0.15) is 0 Å². The van der Waals surface area contributed by atoms with Gasteiger partial charge in [-0.3, -0.25) is 0 Å². The van der Waals surface area contributed by atoms with E-state index in [0.29, 0.717) is 22.6 Å². The van der Waals surface area contributed by atoms with Crippen molar-refractivity contribution in [3.63, 3.8) is 0 Å². The van der Waals surface area contributed by atoms with Gasteiger partial charge in [0.15, 0.2) is 0 Å². The lowest BCUT2D eigenvalue weighted by Crippen LogP contribution is -2.26. The first-order valence-corrected chi connectivity index (χ1v) is 3.42. The molecule has 0 aliphatic carbocycles. The van der Waals surface area contributed by atoms with Gasteiger partial charge in [-0.05, 0) is 22.6 Å². The van der Waals surface area contributed by atoms with E-state index in [9.17, 15) is 26.3 Å². The predicted octanol–water partition coefficient (Wildman–Crippen LogP) is 3.43. The van der Waals surface area contributed by atoms with E-state index >= 15 is 0 Å². The quantitative estimate of drug-likeness (QED) is 0.415. The van der Waals surface area contributed by atoms with Crippen molar-refractivity contribution >= 4 is 22.6 Å². The Labute approximate surface area is 71.4 Å². The van der Waals surface area contributed by atoms with Crippen LogP contribution in [0.1, 0.15) is 0 Å². The maximum atomic E-state index is 11.9. The molecule has 1 unspecified atom stereocenters. The van der Waals surface area contributed by atoms with E-state index in [1.807, 2.05) is 0 Å². The van der Waals surface area contributed by atoms with E-state index < -0.39 is 22.0 Å². The average Bonchev–Trinajstić information content (AvgIpc) is 1.85. The lowest BCUT2D eigenvalue weighted by molar-refractivity contribution is -0.0197. The second kappa shape index (κ2) is 3.63. The summed E-state index contributed by atoms with van der Waals surface area (Å²) in [6.45, 7) is 0. The summed E-state index contributed by atoms with van der Waals surface area (Å²) in [7, 11) is 0. The van der Waals surface area contributed by atoms with Crippen LogP contribution in [0.3, 0.4) is 0 Å². The monoisotopic (exact) mass is 290 g/mol. The Hall–Kier alpha value is 0.0500. The molecule has 0 N–H and O–H groups in total. The molecule has 7 heteroatoms. The van der Waals surface area contributed by atoms with Crippen LogP contribution in [0.4, 0.5) is 26.3 Å². The molecule has 0 bridgehead atoms. The Balaban J connectivity index is 4.70. The van der Waals surface area contributed by atoms with E-state index in [2.05, 4.69) is 0 Å². The van der Waals surface area contributed by atoms with Gasteiger partial charge in [-0.15, -0.1) is 0 Å². The van der Waals surface area contributed by atoms with Crippen LogP contribution in [0.25, 0.3) is 0 Å². The molecule has 0 aliphatic rings. The molecule has 66 valence electrons. The number of hydrogen-bond donors (Lipinski definition) is 0. The maximum absolute atomic E-state index is 11.9. The van der Waals surface area contributed by atoms with Gasteiger partial charge in [0.2, 0.25) is 10.0 Å². The first-order valence-electron chi connectivity index (χ1n) is 2.17. The van der Waals surface area contributed by atoms with Crippen molar-refractivity contribution in [3.8, 4) is 0 Å². The van der Waals surface area contributed by atoms with Crippen molar-refractivity contribution in [1.29, 1.82) is 0 Å². The van der Waals surface area contributed by atoms with Gasteiger partial charge in [0.05, 0.1) is 0 Å². The fraction of sp³-hybridized carbons (Fsp3) is 0.500. The van der Waals surface area contributed by atoms with Crippen molar-refractivity contribution < 1.29 is 26.3 Å². The van der Waals surface area contributed by atoms with Gasteiger partial charge in [-0.25, -0.2) is 4.39 Å². The van der Waals surface area contributed by atoms with Crippen LogP contribution >= 0.6 is 22.6 Å². The van der Waals surface area contributed by atoms with E-state index in [0.717, 1.165) is 0 Å². The minimum absolute atomic E-state index is 0.510. The molecular formula is C4HF6I. The lowest BCUT2D eigenvalue weighted by atomic mass is 10.3. The zero-order valence-corrected chi connectivity index (χ0v) is 6.88. The second-order valence-electron chi connectivity index (χ2n) is 1.50. The number of halogens is 7. The predicted molar refractivity (Wildman–Crippen MR) is 34.2 cm³/mol. The van der Waals surface area contributed by atoms with Crippen molar-refractivity contribution in [1.82, 2.24) is 0 Å². The van der Waals surface area contributed by atoms with E-state index in [4.69, 9.17) is 0 Å². The molecule has 0 aromatic rings. The summed E-state index contributed by atoms with van der Waals surface area (Å²) in [6, 6.07) is 0. The summed E-state index contributed by atoms with van der Waals surface area (Å²) in [5.41, 5.74) is 0. The Kier molecular flexibility index (Phi) is 3.65. The highest BCUT2D eigenvalue weighted by atomic mass is 127. The minimum Gasteiger partial charge on any atom is -0.229 e. The third kappa shape index (κ3) is 2.53. The SMILES string of the molecule is FC(F)=C(F)C(F)(F)C(F)I. The third-order valence-corrected chi connectivity index (χ3v) is 1.51. The molecule has 0 saturated carbocycles. The van der Waals surface area contributed by atoms with Crippen molar-refractivity contribution in [2.75, 3.05) is 0 Å². The molecule has 0 aromatic heterocycles. The summed E-state index contributed by atoms with van der Waals surface area (Å²) in [6.07, 6.45) is -3.20.